The molecule has 0 saturated carbocycles. The lowest BCUT2D eigenvalue weighted by Gasteiger charge is -2.27. The van der Waals surface area contributed by atoms with Crippen molar-refractivity contribution in [2.24, 2.45) is 5.73 Å². The monoisotopic (exact) mass is 210 g/mol. The summed E-state index contributed by atoms with van der Waals surface area (Å²) in [5, 5.41) is 0. The number of hydrogen-bond acceptors (Lipinski definition) is 3. The molecule has 0 aliphatic rings. The van der Waals surface area contributed by atoms with E-state index in [4.69, 9.17) is 10.2 Å². The Morgan fingerprint density at radius 2 is 2.33 bits per heavy atom. The average molecular weight is 210 g/mol. The van der Waals surface area contributed by atoms with Crippen molar-refractivity contribution in [2.45, 2.75) is 39.3 Å². The highest BCUT2D eigenvalue weighted by Crippen LogP contribution is 2.11. The lowest BCUT2D eigenvalue weighted by molar-refractivity contribution is 0.179. The molecule has 1 aromatic rings. The van der Waals surface area contributed by atoms with Crippen molar-refractivity contribution in [2.75, 3.05) is 13.1 Å². The molecule has 0 aliphatic carbocycles. The second-order valence-corrected chi connectivity index (χ2v) is 3.95. The Bertz CT molecular complexity index is 246. The van der Waals surface area contributed by atoms with Crippen molar-refractivity contribution in [1.82, 2.24) is 4.90 Å². The predicted molar refractivity (Wildman–Crippen MR) is 62.5 cm³/mol. The quantitative estimate of drug-likeness (QED) is 0.750. The van der Waals surface area contributed by atoms with Gasteiger partial charge in [0.2, 0.25) is 0 Å². The summed E-state index contributed by atoms with van der Waals surface area (Å²) in [4.78, 5) is 2.42. The molecule has 0 saturated heterocycles. The van der Waals surface area contributed by atoms with E-state index in [9.17, 15) is 0 Å². The fourth-order valence-electron chi connectivity index (χ4n) is 1.61. The van der Waals surface area contributed by atoms with Crippen molar-refractivity contribution in [1.29, 1.82) is 0 Å². The van der Waals surface area contributed by atoms with Gasteiger partial charge in [-0.05, 0) is 38.4 Å². The Balaban J connectivity index is 2.48. The summed E-state index contributed by atoms with van der Waals surface area (Å²) in [5.74, 6) is 1.03. The van der Waals surface area contributed by atoms with Crippen LogP contribution in [0.15, 0.2) is 22.8 Å². The van der Waals surface area contributed by atoms with Crippen LogP contribution < -0.4 is 5.73 Å². The zero-order valence-electron chi connectivity index (χ0n) is 9.78. The van der Waals surface area contributed by atoms with Gasteiger partial charge in [0.1, 0.15) is 5.76 Å². The van der Waals surface area contributed by atoms with Crippen LogP contribution in [0.3, 0.4) is 0 Å². The molecule has 1 atom stereocenters. The molecule has 2 N–H and O–H groups in total. The molecule has 0 amide bonds. The third kappa shape index (κ3) is 4.06. The normalized spacial score (nSPS) is 13.3. The van der Waals surface area contributed by atoms with Crippen LogP contribution in [-0.4, -0.2) is 24.0 Å². The molecule has 0 spiro atoms. The molecule has 1 rings (SSSR count). The van der Waals surface area contributed by atoms with Gasteiger partial charge in [-0.1, -0.05) is 6.92 Å². The van der Waals surface area contributed by atoms with Crippen LogP contribution in [0.1, 0.15) is 32.4 Å². The van der Waals surface area contributed by atoms with E-state index < -0.39 is 0 Å². The van der Waals surface area contributed by atoms with E-state index in [1.54, 1.807) is 6.26 Å². The number of hydrogen-bond donors (Lipinski definition) is 1. The molecule has 0 bridgehead atoms. The minimum Gasteiger partial charge on any atom is -0.468 e. The van der Waals surface area contributed by atoms with E-state index in [0.29, 0.717) is 6.04 Å². The third-order valence-corrected chi connectivity index (χ3v) is 2.80. The van der Waals surface area contributed by atoms with Gasteiger partial charge in [-0.15, -0.1) is 0 Å². The molecule has 0 fully saturated rings. The van der Waals surface area contributed by atoms with Crippen LogP contribution in [0.25, 0.3) is 0 Å². The highest BCUT2D eigenvalue weighted by molar-refractivity contribution is 4.98. The van der Waals surface area contributed by atoms with Gasteiger partial charge in [0, 0.05) is 12.6 Å². The van der Waals surface area contributed by atoms with E-state index in [2.05, 4.69) is 18.7 Å². The van der Waals surface area contributed by atoms with E-state index >= 15 is 0 Å². The third-order valence-electron chi connectivity index (χ3n) is 2.80. The van der Waals surface area contributed by atoms with E-state index in [-0.39, 0.29) is 0 Å². The standard InChI is InChI=1S/C12H22N2O/c1-3-11(2)14(8-5-7-13)10-12-6-4-9-15-12/h4,6,9,11H,3,5,7-8,10,13H2,1-2H3/t11-/m0/s1. The zero-order valence-corrected chi connectivity index (χ0v) is 9.78. The summed E-state index contributed by atoms with van der Waals surface area (Å²) in [6.45, 7) is 7.15. The Kier molecular flexibility index (Phi) is 5.43. The molecule has 3 nitrogen and oxygen atoms in total. The van der Waals surface area contributed by atoms with Gasteiger partial charge >= 0.3 is 0 Å². The van der Waals surface area contributed by atoms with Crippen LogP contribution in [0, 0.1) is 0 Å². The fourth-order valence-corrected chi connectivity index (χ4v) is 1.61. The van der Waals surface area contributed by atoms with Gasteiger partial charge in [0.25, 0.3) is 0 Å². The molecule has 1 heterocycles. The van der Waals surface area contributed by atoms with Gasteiger partial charge < -0.3 is 10.2 Å². The maximum Gasteiger partial charge on any atom is 0.117 e. The second kappa shape index (κ2) is 6.64. The molecule has 1 aromatic heterocycles. The average Bonchev–Trinajstić information content (AvgIpc) is 2.75. The summed E-state index contributed by atoms with van der Waals surface area (Å²) in [7, 11) is 0. The van der Waals surface area contributed by atoms with Gasteiger partial charge in [0.15, 0.2) is 0 Å². The second-order valence-electron chi connectivity index (χ2n) is 3.95. The number of rotatable bonds is 7. The van der Waals surface area contributed by atoms with E-state index in [1.165, 1.54) is 0 Å². The zero-order chi connectivity index (χ0) is 11.1. The first-order valence-corrected chi connectivity index (χ1v) is 5.74. The molecule has 0 unspecified atom stereocenters. The van der Waals surface area contributed by atoms with Crippen LogP contribution >= 0.6 is 0 Å². The lowest BCUT2D eigenvalue weighted by Crippen LogP contribution is -2.33. The molecule has 3 heteroatoms. The topological polar surface area (TPSA) is 42.4 Å². The van der Waals surface area contributed by atoms with Gasteiger partial charge in [-0.3, -0.25) is 4.90 Å². The Hall–Kier alpha value is -0.800. The van der Waals surface area contributed by atoms with Crippen LogP contribution in [0.2, 0.25) is 0 Å². The Morgan fingerprint density at radius 1 is 1.53 bits per heavy atom. The summed E-state index contributed by atoms with van der Waals surface area (Å²) in [5.41, 5.74) is 5.54. The van der Waals surface area contributed by atoms with E-state index in [0.717, 1.165) is 38.2 Å². The summed E-state index contributed by atoms with van der Waals surface area (Å²) < 4.78 is 5.37. The number of furan rings is 1. The van der Waals surface area contributed by atoms with Crippen molar-refractivity contribution in [3.8, 4) is 0 Å². The van der Waals surface area contributed by atoms with Crippen LogP contribution in [0.4, 0.5) is 0 Å². The first-order chi connectivity index (χ1) is 7.27. The van der Waals surface area contributed by atoms with Crippen LogP contribution in [-0.2, 0) is 6.54 Å². The molecule has 0 aromatic carbocycles. The summed E-state index contributed by atoms with van der Waals surface area (Å²) in [6.07, 6.45) is 3.93. The fraction of sp³-hybridized carbons (Fsp3) is 0.667. The number of nitrogens with two attached hydrogens (primary N) is 1. The predicted octanol–water partition coefficient (Wildman–Crippen LogP) is 2.23. The summed E-state index contributed by atoms with van der Waals surface area (Å²) >= 11 is 0. The van der Waals surface area contributed by atoms with Gasteiger partial charge in [-0.2, -0.15) is 0 Å². The molecule has 0 aliphatic heterocycles. The van der Waals surface area contributed by atoms with E-state index in [1.807, 2.05) is 12.1 Å². The number of nitrogens with zero attached hydrogens (tertiary/aromatic N) is 1. The molecular weight excluding hydrogens is 188 g/mol. The first-order valence-electron chi connectivity index (χ1n) is 5.74. The maximum atomic E-state index is 5.54. The van der Waals surface area contributed by atoms with Crippen LogP contribution in [0.5, 0.6) is 0 Å². The first kappa shape index (κ1) is 12.3. The van der Waals surface area contributed by atoms with Crippen molar-refractivity contribution < 1.29 is 4.42 Å². The maximum absolute atomic E-state index is 5.54. The van der Waals surface area contributed by atoms with Gasteiger partial charge in [-0.25, -0.2) is 0 Å². The largest absolute Gasteiger partial charge is 0.468 e. The van der Waals surface area contributed by atoms with Crippen molar-refractivity contribution >= 4 is 0 Å². The minimum absolute atomic E-state index is 0.585. The highest BCUT2D eigenvalue weighted by atomic mass is 16.3. The molecule has 0 radical (unpaired) electrons. The smallest absolute Gasteiger partial charge is 0.117 e. The Morgan fingerprint density at radius 3 is 2.87 bits per heavy atom. The highest BCUT2D eigenvalue weighted by Gasteiger charge is 2.12. The Labute approximate surface area is 92.2 Å². The summed E-state index contributed by atoms with van der Waals surface area (Å²) in [6, 6.07) is 4.55. The molecule has 15 heavy (non-hydrogen) atoms. The van der Waals surface area contributed by atoms with Gasteiger partial charge in [0.05, 0.1) is 12.8 Å². The minimum atomic E-state index is 0.585. The SMILES string of the molecule is CC[C@H](C)N(CCCN)Cc1ccco1. The van der Waals surface area contributed by atoms with Crippen molar-refractivity contribution in [3.63, 3.8) is 0 Å². The molecular formula is C12H22N2O. The lowest BCUT2D eigenvalue weighted by atomic mass is 10.2. The van der Waals surface area contributed by atoms with Crippen molar-refractivity contribution in [3.05, 3.63) is 24.2 Å². The molecule has 86 valence electrons.